The second-order valence-electron chi connectivity index (χ2n) is 6.29. The summed E-state index contributed by atoms with van der Waals surface area (Å²) >= 11 is 0. The van der Waals surface area contributed by atoms with Gasteiger partial charge < -0.3 is 10.1 Å². The van der Waals surface area contributed by atoms with Crippen molar-refractivity contribution in [2.75, 3.05) is 13.7 Å². The molecule has 0 aromatic heterocycles. The van der Waals surface area contributed by atoms with Crippen LogP contribution in [-0.4, -0.2) is 25.8 Å². The Morgan fingerprint density at radius 3 is 2.47 bits per heavy atom. The van der Waals surface area contributed by atoms with Crippen molar-refractivity contribution in [2.24, 2.45) is 5.92 Å². The van der Waals surface area contributed by atoms with E-state index in [0.717, 1.165) is 12.5 Å². The number of ether oxygens (including phenoxy) is 1. The van der Waals surface area contributed by atoms with Gasteiger partial charge in [0.1, 0.15) is 0 Å². The van der Waals surface area contributed by atoms with Crippen LogP contribution in [-0.2, 0) is 4.74 Å². The highest BCUT2D eigenvalue weighted by Crippen LogP contribution is 2.26. The van der Waals surface area contributed by atoms with Crippen molar-refractivity contribution < 1.29 is 4.74 Å². The third-order valence-electron chi connectivity index (χ3n) is 4.61. The molecular weight excluding hydrogens is 234 g/mol. The molecule has 114 valence electrons. The predicted octanol–water partition coefficient (Wildman–Crippen LogP) is 4.53. The SMILES string of the molecule is CCCCCCC(C)OCC(NC)C1CCCCC1. The first kappa shape index (κ1) is 17.0. The molecule has 2 unspecified atom stereocenters. The van der Waals surface area contributed by atoms with Gasteiger partial charge in [-0.05, 0) is 39.2 Å². The van der Waals surface area contributed by atoms with Gasteiger partial charge in [0, 0.05) is 6.04 Å². The van der Waals surface area contributed by atoms with E-state index >= 15 is 0 Å². The molecule has 0 spiro atoms. The second-order valence-corrected chi connectivity index (χ2v) is 6.29. The molecule has 0 aromatic rings. The molecule has 0 saturated heterocycles. The van der Waals surface area contributed by atoms with Crippen LogP contribution in [0.1, 0.15) is 78.1 Å². The average molecular weight is 269 g/mol. The Morgan fingerprint density at radius 2 is 1.84 bits per heavy atom. The summed E-state index contributed by atoms with van der Waals surface area (Å²) in [7, 11) is 2.09. The van der Waals surface area contributed by atoms with Gasteiger partial charge in [0.05, 0.1) is 12.7 Å². The zero-order valence-electron chi connectivity index (χ0n) is 13.4. The van der Waals surface area contributed by atoms with Gasteiger partial charge in [-0.3, -0.25) is 0 Å². The number of hydrogen-bond donors (Lipinski definition) is 1. The van der Waals surface area contributed by atoms with E-state index < -0.39 is 0 Å². The lowest BCUT2D eigenvalue weighted by Crippen LogP contribution is -2.39. The minimum atomic E-state index is 0.427. The third-order valence-corrected chi connectivity index (χ3v) is 4.61. The van der Waals surface area contributed by atoms with Crippen LogP contribution in [0.4, 0.5) is 0 Å². The van der Waals surface area contributed by atoms with E-state index in [9.17, 15) is 0 Å². The summed E-state index contributed by atoms with van der Waals surface area (Å²) in [5, 5.41) is 3.48. The van der Waals surface area contributed by atoms with Crippen molar-refractivity contribution >= 4 is 0 Å². The normalized spacial score (nSPS) is 20.4. The van der Waals surface area contributed by atoms with Crippen LogP contribution in [0.5, 0.6) is 0 Å². The molecule has 1 saturated carbocycles. The highest BCUT2D eigenvalue weighted by Gasteiger charge is 2.22. The monoisotopic (exact) mass is 269 g/mol. The molecule has 2 heteroatoms. The molecule has 0 bridgehead atoms. The lowest BCUT2D eigenvalue weighted by atomic mass is 9.84. The molecule has 2 nitrogen and oxygen atoms in total. The van der Waals surface area contributed by atoms with Gasteiger partial charge in [-0.15, -0.1) is 0 Å². The average Bonchev–Trinajstić information content (AvgIpc) is 2.45. The highest BCUT2D eigenvalue weighted by atomic mass is 16.5. The van der Waals surface area contributed by atoms with Crippen LogP contribution in [0.15, 0.2) is 0 Å². The predicted molar refractivity (Wildman–Crippen MR) is 83.6 cm³/mol. The topological polar surface area (TPSA) is 21.3 Å². The van der Waals surface area contributed by atoms with Crippen molar-refractivity contribution in [1.82, 2.24) is 5.32 Å². The van der Waals surface area contributed by atoms with Gasteiger partial charge in [-0.2, -0.15) is 0 Å². The van der Waals surface area contributed by atoms with Gasteiger partial charge in [-0.1, -0.05) is 51.9 Å². The van der Waals surface area contributed by atoms with Crippen molar-refractivity contribution in [3.63, 3.8) is 0 Å². The maximum absolute atomic E-state index is 6.07. The Hall–Kier alpha value is -0.0800. The number of unbranched alkanes of at least 4 members (excludes halogenated alkanes) is 3. The number of rotatable bonds is 10. The van der Waals surface area contributed by atoms with Crippen LogP contribution < -0.4 is 5.32 Å². The first-order valence-electron chi connectivity index (χ1n) is 8.56. The molecule has 0 heterocycles. The Morgan fingerprint density at radius 1 is 1.11 bits per heavy atom. The summed E-state index contributed by atoms with van der Waals surface area (Å²) in [6.07, 6.45) is 14.1. The van der Waals surface area contributed by atoms with Gasteiger partial charge >= 0.3 is 0 Å². The smallest absolute Gasteiger partial charge is 0.0625 e. The fourth-order valence-corrected chi connectivity index (χ4v) is 3.20. The van der Waals surface area contributed by atoms with Crippen LogP contribution in [0.3, 0.4) is 0 Å². The molecule has 0 aromatic carbocycles. The lowest BCUT2D eigenvalue weighted by Gasteiger charge is -2.30. The second kappa shape index (κ2) is 10.7. The van der Waals surface area contributed by atoms with Gasteiger partial charge in [0.2, 0.25) is 0 Å². The Labute approximate surface area is 120 Å². The quantitative estimate of drug-likeness (QED) is 0.588. The lowest BCUT2D eigenvalue weighted by molar-refractivity contribution is 0.0291. The van der Waals surface area contributed by atoms with Crippen LogP contribution in [0, 0.1) is 5.92 Å². The fraction of sp³-hybridized carbons (Fsp3) is 1.00. The van der Waals surface area contributed by atoms with Crippen molar-refractivity contribution in [1.29, 1.82) is 0 Å². The molecule has 0 aliphatic heterocycles. The fourth-order valence-electron chi connectivity index (χ4n) is 3.20. The van der Waals surface area contributed by atoms with Crippen molar-refractivity contribution in [3.8, 4) is 0 Å². The minimum Gasteiger partial charge on any atom is -0.377 e. The van der Waals surface area contributed by atoms with E-state index in [2.05, 4.69) is 26.2 Å². The molecular formula is C17H35NO. The summed E-state index contributed by atoms with van der Waals surface area (Å²) in [6, 6.07) is 0.568. The molecule has 0 amide bonds. The minimum absolute atomic E-state index is 0.427. The highest BCUT2D eigenvalue weighted by molar-refractivity contribution is 4.78. The van der Waals surface area contributed by atoms with E-state index in [1.54, 1.807) is 0 Å². The van der Waals surface area contributed by atoms with Crippen LogP contribution >= 0.6 is 0 Å². The molecule has 1 rings (SSSR count). The Balaban J connectivity index is 2.13. The molecule has 0 radical (unpaired) electrons. The number of likely N-dealkylation sites (N-methyl/N-ethyl adjacent to an activating group) is 1. The summed E-state index contributed by atoms with van der Waals surface area (Å²) in [6.45, 7) is 5.40. The molecule has 2 atom stereocenters. The summed E-state index contributed by atoms with van der Waals surface area (Å²) in [4.78, 5) is 0. The van der Waals surface area contributed by atoms with Gasteiger partial charge in [-0.25, -0.2) is 0 Å². The maximum Gasteiger partial charge on any atom is 0.0625 e. The summed E-state index contributed by atoms with van der Waals surface area (Å²) in [5.41, 5.74) is 0. The van der Waals surface area contributed by atoms with E-state index in [4.69, 9.17) is 4.74 Å². The van der Waals surface area contributed by atoms with Crippen molar-refractivity contribution in [2.45, 2.75) is 90.2 Å². The molecule has 1 N–H and O–H groups in total. The summed E-state index contributed by atoms with van der Waals surface area (Å²) in [5.74, 6) is 0.839. The maximum atomic E-state index is 6.07. The Kier molecular flexibility index (Phi) is 9.54. The van der Waals surface area contributed by atoms with E-state index in [0.29, 0.717) is 12.1 Å². The zero-order valence-corrected chi connectivity index (χ0v) is 13.4. The first-order valence-corrected chi connectivity index (χ1v) is 8.56. The Bertz CT molecular complexity index is 201. The van der Waals surface area contributed by atoms with Crippen LogP contribution in [0.25, 0.3) is 0 Å². The molecule has 1 fully saturated rings. The molecule has 1 aliphatic rings. The third kappa shape index (κ3) is 7.31. The first-order chi connectivity index (χ1) is 9.27. The van der Waals surface area contributed by atoms with Gasteiger partial charge in [0.15, 0.2) is 0 Å². The van der Waals surface area contributed by atoms with Crippen LogP contribution in [0.2, 0.25) is 0 Å². The molecule has 1 aliphatic carbocycles. The molecule has 19 heavy (non-hydrogen) atoms. The van der Waals surface area contributed by atoms with E-state index in [1.165, 1.54) is 64.2 Å². The standard InChI is InChI=1S/C17H35NO/c1-4-5-6-8-11-15(2)19-14-17(18-3)16-12-9-7-10-13-16/h15-18H,4-14H2,1-3H3. The summed E-state index contributed by atoms with van der Waals surface area (Å²) < 4.78 is 6.07. The van der Waals surface area contributed by atoms with E-state index in [-0.39, 0.29) is 0 Å². The van der Waals surface area contributed by atoms with Gasteiger partial charge in [0.25, 0.3) is 0 Å². The van der Waals surface area contributed by atoms with Crippen molar-refractivity contribution in [3.05, 3.63) is 0 Å². The number of nitrogens with one attached hydrogen (secondary N) is 1. The largest absolute Gasteiger partial charge is 0.377 e. The zero-order chi connectivity index (χ0) is 13.9. The number of hydrogen-bond acceptors (Lipinski definition) is 2. The van der Waals surface area contributed by atoms with E-state index in [1.807, 2.05) is 0 Å².